The van der Waals surface area contributed by atoms with Crippen LogP contribution in [-0.4, -0.2) is 15.1 Å². The molecule has 0 spiro atoms. The molecule has 20 heavy (non-hydrogen) atoms. The lowest BCUT2D eigenvalue weighted by molar-refractivity contribution is -0.384. The third kappa shape index (κ3) is 2.37. The highest BCUT2D eigenvalue weighted by Crippen LogP contribution is 2.39. The Labute approximate surface area is 118 Å². The number of nitrogens with two attached hydrogens (primary N) is 1. The van der Waals surface area contributed by atoms with E-state index in [0.29, 0.717) is 11.7 Å². The Morgan fingerprint density at radius 3 is 2.90 bits per heavy atom. The normalized spacial score (nSPS) is 16.1. The van der Waals surface area contributed by atoms with Gasteiger partial charge in [-0.1, -0.05) is 16.8 Å². The highest BCUT2D eigenvalue weighted by molar-refractivity contribution is 6.30. The van der Waals surface area contributed by atoms with Crippen LogP contribution < -0.4 is 5.73 Å². The number of hydrogen-bond acceptors (Lipinski definition) is 6. The zero-order valence-electron chi connectivity index (χ0n) is 10.3. The van der Waals surface area contributed by atoms with Crippen molar-refractivity contribution in [1.82, 2.24) is 10.1 Å². The smallest absolute Gasteiger partial charge is 0.283 e. The maximum absolute atomic E-state index is 11.0. The molecule has 7 nitrogen and oxygen atoms in total. The van der Waals surface area contributed by atoms with Crippen LogP contribution in [0.25, 0.3) is 11.5 Å². The van der Waals surface area contributed by atoms with Crippen molar-refractivity contribution in [2.75, 3.05) is 0 Å². The molecule has 1 fully saturated rings. The summed E-state index contributed by atoms with van der Waals surface area (Å²) in [5.74, 6) is 0.840. The van der Waals surface area contributed by atoms with Crippen LogP contribution in [0.15, 0.2) is 22.7 Å². The maximum Gasteiger partial charge on any atom is 0.283 e. The summed E-state index contributed by atoms with van der Waals surface area (Å²) in [6, 6.07) is 4.00. The third-order valence-electron chi connectivity index (χ3n) is 3.26. The summed E-state index contributed by atoms with van der Waals surface area (Å²) in [7, 11) is 0. The molecule has 3 rings (SSSR count). The molecule has 0 bridgehead atoms. The van der Waals surface area contributed by atoms with Crippen molar-refractivity contribution < 1.29 is 9.45 Å². The minimum atomic E-state index is -0.536. The second-order valence-corrected chi connectivity index (χ2v) is 5.18. The molecule has 1 aromatic heterocycles. The minimum absolute atomic E-state index is 0.0828. The van der Waals surface area contributed by atoms with Crippen LogP contribution in [0.1, 0.15) is 24.7 Å². The van der Waals surface area contributed by atoms with Crippen LogP contribution >= 0.6 is 11.6 Å². The van der Waals surface area contributed by atoms with Gasteiger partial charge < -0.3 is 10.3 Å². The predicted octanol–water partition coefficient (Wildman–Crippen LogP) is 2.71. The van der Waals surface area contributed by atoms with Crippen molar-refractivity contribution in [2.24, 2.45) is 11.7 Å². The molecule has 1 atom stereocenters. The highest BCUT2D eigenvalue weighted by atomic mass is 35.5. The van der Waals surface area contributed by atoms with E-state index >= 15 is 0 Å². The molecule has 1 aliphatic rings. The van der Waals surface area contributed by atoms with Crippen LogP contribution in [0.3, 0.4) is 0 Å². The SMILES string of the molecule is NC(c1noc(-c2ccc(Cl)cc2[N+](=O)[O-])n1)C1CC1. The number of hydrogen-bond donors (Lipinski definition) is 1. The van der Waals surface area contributed by atoms with Crippen LogP contribution in [0, 0.1) is 16.0 Å². The number of nitrogens with zero attached hydrogens (tertiary/aromatic N) is 3. The molecular formula is C12H11ClN4O3. The Morgan fingerprint density at radius 2 is 2.25 bits per heavy atom. The Morgan fingerprint density at radius 1 is 1.50 bits per heavy atom. The van der Waals surface area contributed by atoms with E-state index in [4.69, 9.17) is 21.9 Å². The molecule has 2 N–H and O–H groups in total. The number of benzene rings is 1. The van der Waals surface area contributed by atoms with E-state index in [2.05, 4.69) is 10.1 Å². The number of nitro benzene ring substituents is 1. The van der Waals surface area contributed by atoms with Crippen molar-refractivity contribution in [1.29, 1.82) is 0 Å². The fourth-order valence-corrected chi connectivity index (χ4v) is 2.15. The molecule has 0 saturated heterocycles. The molecule has 0 radical (unpaired) electrons. The van der Waals surface area contributed by atoms with Crippen molar-refractivity contribution >= 4 is 17.3 Å². The summed E-state index contributed by atoms with van der Waals surface area (Å²) in [6.45, 7) is 0. The van der Waals surface area contributed by atoms with Gasteiger partial charge in [0.25, 0.3) is 11.6 Å². The van der Waals surface area contributed by atoms with Gasteiger partial charge in [-0.15, -0.1) is 0 Å². The second-order valence-electron chi connectivity index (χ2n) is 4.74. The Bertz CT molecular complexity index is 668. The monoisotopic (exact) mass is 294 g/mol. The fraction of sp³-hybridized carbons (Fsp3) is 0.333. The topological polar surface area (TPSA) is 108 Å². The van der Waals surface area contributed by atoms with Gasteiger partial charge in [-0.05, 0) is 30.9 Å². The maximum atomic E-state index is 11.0. The Kier molecular flexibility index (Phi) is 3.15. The van der Waals surface area contributed by atoms with E-state index in [0.717, 1.165) is 12.8 Å². The minimum Gasteiger partial charge on any atom is -0.334 e. The molecule has 1 aromatic carbocycles. The van der Waals surface area contributed by atoms with Crippen molar-refractivity contribution in [3.8, 4) is 11.5 Å². The van der Waals surface area contributed by atoms with Gasteiger partial charge in [-0.2, -0.15) is 4.98 Å². The lowest BCUT2D eigenvalue weighted by Crippen LogP contribution is -2.13. The quantitative estimate of drug-likeness (QED) is 0.686. The van der Waals surface area contributed by atoms with Crippen molar-refractivity contribution in [3.05, 3.63) is 39.2 Å². The van der Waals surface area contributed by atoms with E-state index in [1.54, 1.807) is 0 Å². The molecular weight excluding hydrogens is 284 g/mol. The molecule has 1 unspecified atom stereocenters. The molecule has 1 saturated carbocycles. The standard InChI is InChI=1S/C12H11ClN4O3/c13-7-3-4-8(9(5-7)17(18)19)12-15-11(16-20-12)10(14)6-1-2-6/h3-6,10H,1-2,14H2. The Balaban J connectivity index is 1.98. The molecule has 0 amide bonds. The van der Waals surface area contributed by atoms with Gasteiger partial charge in [0, 0.05) is 11.1 Å². The summed E-state index contributed by atoms with van der Waals surface area (Å²) >= 11 is 5.76. The van der Waals surface area contributed by atoms with Crippen molar-refractivity contribution in [2.45, 2.75) is 18.9 Å². The second kappa shape index (κ2) is 4.84. The number of aromatic nitrogens is 2. The molecule has 1 aliphatic carbocycles. The van der Waals surface area contributed by atoms with Gasteiger partial charge in [0.2, 0.25) is 0 Å². The van der Waals surface area contributed by atoms with Crippen LogP contribution in [0.2, 0.25) is 5.02 Å². The summed E-state index contributed by atoms with van der Waals surface area (Å²) in [4.78, 5) is 14.7. The molecule has 1 heterocycles. The van der Waals surface area contributed by atoms with Gasteiger partial charge in [0.05, 0.1) is 11.0 Å². The lowest BCUT2D eigenvalue weighted by atomic mass is 10.1. The number of nitro groups is 1. The third-order valence-corrected chi connectivity index (χ3v) is 3.49. The van der Waals surface area contributed by atoms with Gasteiger partial charge in [0.15, 0.2) is 5.82 Å². The van der Waals surface area contributed by atoms with Crippen LogP contribution in [0.5, 0.6) is 0 Å². The first-order valence-corrected chi connectivity index (χ1v) is 6.47. The Hall–Kier alpha value is -1.99. The number of halogens is 1. The number of rotatable bonds is 4. The van der Waals surface area contributed by atoms with Crippen LogP contribution in [-0.2, 0) is 0 Å². The summed E-state index contributed by atoms with van der Waals surface area (Å²) < 4.78 is 5.09. The largest absolute Gasteiger partial charge is 0.334 e. The fourth-order valence-electron chi connectivity index (χ4n) is 1.98. The summed E-state index contributed by atoms with van der Waals surface area (Å²) in [5, 5.41) is 15.1. The first kappa shape index (κ1) is 13.0. The predicted molar refractivity (Wildman–Crippen MR) is 71.1 cm³/mol. The van der Waals surface area contributed by atoms with E-state index < -0.39 is 4.92 Å². The zero-order valence-corrected chi connectivity index (χ0v) is 11.1. The lowest BCUT2D eigenvalue weighted by Gasteiger charge is -2.02. The molecule has 0 aliphatic heterocycles. The van der Waals surface area contributed by atoms with E-state index in [1.165, 1.54) is 18.2 Å². The van der Waals surface area contributed by atoms with Gasteiger partial charge in [-0.25, -0.2) is 0 Å². The zero-order chi connectivity index (χ0) is 14.3. The van der Waals surface area contributed by atoms with Crippen molar-refractivity contribution in [3.63, 3.8) is 0 Å². The highest BCUT2D eigenvalue weighted by Gasteiger charge is 2.33. The molecule has 104 valence electrons. The van der Waals surface area contributed by atoms with Gasteiger partial charge >= 0.3 is 0 Å². The van der Waals surface area contributed by atoms with Gasteiger partial charge in [0.1, 0.15) is 5.56 Å². The average Bonchev–Trinajstić information content (AvgIpc) is 3.15. The first-order chi connectivity index (χ1) is 9.56. The van der Waals surface area contributed by atoms with Crippen LogP contribution in [0.4, 0.5) is 5.69 Å². The van der Waals surface area contributed by atoms with E-state index in [1.807, 2.05) is 0 Å². The van der Waals surface area contributed by atoms with E-state index in [-0.39, 0.29) is 28.2 Å². The first-order valence-electron chi connectivity index (χ1n) is 6.10. The molecule has 2 aromatic rings. The summed E-state index contributed by atoms with van der Waals surface area (Å²) in [5.41, 5.74) is 6.04. The summed E-state index contributed by atoms with van der Waals surface area (Å²) in [6.07, 6.45) is 2.10. The average molecular weight is 295 g/mol. The van der Waals surface area contributed by atoms with E-state index in [9.17, 15) is 10.1 Å². The van der Waals surface area contributed by atoms with Gasteiger partial charge in [-0.3, -0.25) is 10.1 Å². The molecule has 8 heteroatoms.